The molecule has 3 rings (SSSR count). The fraction of sp³-hybridized carbons (Fsp3) is 0.444. The molecular formula is C18H24F3IN6. The standard InChI is InChI=1S/C18H23F3N6.HI/c1-22-17(25-15-6-8-26(11-15)12-18(19,20)21)24-10-14-4-2-3-5-16(14)27-9-7-23-13-27;/h2-5,7,9,13,15H,6,8,10-12H2,1H3,(H2,22,24,25);1H. The second-order valence-corrected chi connectivity index (χ2v) is 6.50. The SMILES string of the molecule is CN=C(NCc1ccccc1-n1ccnc1)NC1CCN(CC(F)(F)F)C1.I. The second kappa shape index (κ2) is 10.1. The highest BCUT2D eigenvalue weighted by atomic mass is 127. The van der Waals surface area contributed by atoms with Crippen LogP contribution in [-0.2, 0) is 6.54 Å². The lowest BCUT2D eigenvalue weighted by atomic mass is 10.1. The number of nitrogens with zero attached hydrogens (tertiary/aromatic N) is 4. The van der Waals surface area contributed by atoms with Gasteiger partial charge >= 0.3 is 6.18 Å². The van der Waals surface area contributed by atoms with Crippen LogP contribution in [0.3, 0.4) is 0 Å². The molecule has 1 atom stereocenters. The number of aliphatic imine (C=N–C) groups is 1. The zero-order valence-corrected chi connectivity index (χ0v) is 17.8. The first-order chi connectivity index (χ1) is 12.9. The summed E-state index contributed by atoms with van der Waals surface area (Å²) in [5, 5.41) is 6.46. The van der Waals surface area contributed by atoms with Gasteiger partial charge in [0.15, 0.2) is 5.96 Å². The van der Waals surface area contributed by atoms with E-state index in [0.717, 1.165) is 11.3 Å². The van der Waals surface area contributed by atoms with Crippen molar-refractivity contribution < 1.29 is 13.2 Å². The molecule has 1 aromatic heterocycles. The molecule has 10 heteroatoms. The van der Waals surface area contributed by atoms with E-state index in [2.05, 4.69) is 20.6 Å². The number of hydrogen-bond donors (Lipinski definition) is 2. The van der Waals surface area contributed by atoms with E-state index in [0.29, 0.717) is 32.0 Å². The molecule has 0 bridgehead atoms. The summed E-state index contributed by atoms with van der Waals surface area (Å²) in [4.78, 5) is 9.68. The lowest BCUT2D eigenvalue weighted by Crippen LogP contribution is -2.45. The Labute approximate surface area is 179 Å². The molecule has 1 saturated heterocycles. The van der Waals surface area contributed by atoms with Crippen LogP contribution in [-0.4, -0.2) is 59.3 Å². The van der Waals surface area contributed by atoms with E-state index in [9.17, 15) is 13.2 Å². The molecule has 28 heavy (non-hydrogen) atoms. The minimum atomic E-state index is -4.16. The molecular weight excluding hydrogens is 484 g/mol. The van der Waals surface area contributed by atoms with Gasteiger partial charge in [-0.2, -0.15) is 13.2 Å². The predicted octanol–water partition coefficient (Wildman–Crippen LogP) is 2.79. The van der Waals surface area contributed by atoms with E-state index in [1.807, 2.05) is 35.0 Å². The summed E-state index contributed by atoms with van der Waals surface area (Å²) in [5.41, 5.74) is 2.07. The molecule has 0 aliphatic carbocycles. The maximum atomic E-state index is 12.5. The number of guanidine groups is 1. The summed E-state index contributed by atoms with van der Waals surface area (Å²) in [6.07, 6.45) is 1.82. The van der Waals surface area contributed by atoms with Crippen LogP contribution in [0.5, 0.6) is 0 Å². The Morgan fingerprint density at radius 1 is 1.32 bits per heavy atom. The van der Waals surface area contributed by atoms with E-state index < -0.39 is 12.7 Å². The van der Waals surface area contributed by atoms with Gasteiger partial charge in [-0.3, -0.25) is 9.89 Å². The van der Waals surface area contributed by atoms with Crippen LogP contribution in [0, 0.1) is 0 Å². The molecule has 2 aromatic rings. The quantitative estimate of drug-likeness (QED) is 0.371. The Morgan fingerprint density at radius 2 is 2.11 bits per heavy atom. The second-order valence-electron chi connectivity index (χ2n) is 6.50. The van der Waals surface area contributed by atoms with Crippen LogP contribution in [0.1, 0.15) is 12.0 Å². The molecule has 0 spiro atoms. The lowest BCUT2D eigenvalue weighted by molar-refractivity contribution is -0.143. The zero-order chi connectivity index (χ0) is 19.3. The number of benzene rings is 1. The van der Waals surface area contributed by atoms with Gasteiger partial charge in [-0.1, -0.05) is 18.2 Å². The smallest absolute Gasteiger partial charge is 0.352 e. The summed E-state index contributed by atoms with van der Waals surface area (Å²) < 4.78 is 39.5. The van der Waals surface area contributed by atoms with Crippen molar-refractivity contribution >= 4 is 29.9 Å². The first-order valence-corrected chi connectivity index (χ1v) is 8.77. The minimum Gasteiger partial charge on any atom is -0.352 e. The fourth-order valence-electron chi connectivity index (χ4n) is 3.23. The van der Waals surface area contributed by atoms with Crippen LogP contribution in [0.15, 0.2) is 48.0 Å². The van der Waals surface area contributed by atoms with Gasteiger partial charge in [-0.15, -0.1) is 24.0 Å². The highest BCUT2D eigenvalue weighted by Crippen LogP contribution is 2.20. The van der Waals surface area contributed by atoms with Crippen LogP contribution >= 0.6 is 24.0 Å². The van der Waals surface area contributed by atoms with E-state index in [1.165, 1.54) is 4.90 Å². The normalized spacial score (nSPS) is 18.0. The number of alkyl halides is 3. The van der Waals surface area contributed by atoms with E-state index >= 15 is 0 Å². The van der Waals surface area contributed by atoms with Crippen LogP contribution < -0.4 is 10.6 Å². The number of para-hydroxylation sites is 1. The number of rotatable bonds is 5. The molecule has 1 aliphatic heterocycles. The maximum Gasteiger partial charge on any atom is 0.401 e. The van der Waals surface area contributed by atoms with Crippen molar-refractivity contribution in [3.05, 3.63) is 48.5 Å². The fourth-order valence-corrected chi connectivity index (χ4v) is 3.23. The summed E-state index contributed by atoms with van der Waals surface area (Å²) in [6, 6.07) is 7.87. The third kappa shape index (κ3) is 6.36. The summed E-state index contributed by atoms with van der Waals surface area (Å²) >= 11 is 0. The van der Waals surface area contributed by atoms with Crippen molar-refractivity contribution in [2.45, 2.75) is 25.2 Å². The Kier molecular flexibility index (Phi) is 8.10. The molecule has 1 aromatic carbocycles. The monoisotopic (exact) mass is 508 g/mol. The van der Waals surface area contributed by atoms with Gasteiger partial charge in [0, 0.05) is 45.1 Å². The van der Waals surface area contributed by atoms with E-state index in [1.54, 1.807) is 19.6 Å². The molecule has 0 radical (unpaired) electrons. The Balaban J connectivity index is 0.00000280. The van der Waals surface area contributed by atoms with Crippen molar-refractivity contribution in [2.75, 3.05) is 26.7 Å². The van der Waals surface area contributed by atoms with Crippen molar-refractivity contribution in [1.29, 1.82) is 0 Å². The van der Waals surface area contributed by atoms with Gasteiger partial charge in [-0.25, -0.2) is 4.98 Å². The highest BCUT2D eigenvalue weighted by Gasteiger charge is 2.34. The molecule has 0 saturated carbocycles. The molecule has 2 heterocycles. The third-order valence-electron chi connectivity index (χ3n) is 4.46. The molecule has 1 unspecified atom stereocenters. The molecule has 6 nitrogen and oxygen atoms in total. The molecule has 1 fully saturated rings. The molecule has 2 N–H and O–H groups in total. The van der Waals surface area contributed by atoms with Crippen molar-refractivity contribution in [1.82, 2.24) is 25.1 Å². The van der Waals surface area contributed by atoms with Gasteiger partial charge in [0.1, 0.15) is 0 Å². The Hall–Kier alpha value is -1.82. The predicted molar refractivity (Wildman–Crippen MR) is 113 cm³/mol. The summed E-state index contributed by atoms with van der Waals surface area (Å²) in [5.74, 6) is 0.578. The van der Waals surface area contributed by atoms with Crippen molar-refractivity contribution in [3.8, 4) is 5.69 Å². The Morgan fingerprint density at radius 3 is 2.79 bits per heavy atom. The number of aromatic nitrogens is 2. The average Bonchev–Trinajstić information content (AvgIpc) is 3.29. The minimum absolute atomic E-state index is 0. The van der Waals surface area contributed by atoms with Crippen LogP contribution in [0.4, 0.5) is 13.2 Å². The van der Waals surface area contributed by atoms with E-state index in [-0.39, 0.29) is 30.0 Å². The van der Waals surface area contributed by atoms with Crippen LogP contribution in [0.2, 0.25) is 0 Å². The van der Waals surface area contributed by atoms with Crippen molar-refractivity contribution in [2.24, 2.45) is 4.99 Å². The summed E-state index contributed by atoms with van der Waals surface area (Å²) in [7, 11) is 1.65. The first-order valence-electron chi connectivity index (χ1n) is 8.77. The summed E-state index contributed by atoms with van der Waals surface area (Å²) in [6.45, 7) is 0.450. The molecule has 154 valence electrons. The number of halogens is 4. The largest absolute Gasteiger partial charge is 0.401 e. The maximum absolute atomic E-state index is 12.5. The first kappa shape index (κ1) is 22.5. The Bertz CT molecular complexity index is 763. The van der Waals surface area contributed by atoms with Gasteiger partial charge in [0.2, 0.25) is 0 Å². The van der Waals surface area contributed by atoms with Crippen molar-refractivity contribution in [3.63, 3.8) is 0 Å². The molecule has 1 aliphatic rings. The average molecular weight is 508 g/mol. The van der Waals surface area contributed by atoms with Gasteiger partial charge in [0.25, 0.3) is 0 Å². The number of hydrogen-bond acceptors (Lipinski definition) is 3. The van der Waals surface area contributed by atoms with Gasteiger partial charge in [-0.05, 0) is 18.1 Å². The molecule has 0 amide bonds. The number of likely N-dealkylation sites (tertiary alicyclic amines) is 1. The third-order valence-corrected chi connectivity index (χ3v) is 4.46. The van der Waals surface area contributed by atoms with Gasteiger partial charge in [0.05, 0.1) is 18.6 Å². The lowest BCUT2D eigenvalue weighted by Gasteiger charge is -2.20. The van der Waals surface area contributed by atoms with Gasteiger partial charge < -0.3 is 15.2 Å². The van der Waals surface area contributed by atoms with E-state index in [4.69, 9.17) is 0 Å². The number of nitrogens with one attached hydrogen (secondary N) is 2. The van der Waals surface area contributed by atoms with Crippen LogP contribution in [0.25, 0.3) is 5.69 Å². The zero-order valence-electron chi connectivity index (χ0n) is 15.5. The highest BCUT2D eigenvalue weighted by molar-refractivity contribution is 14.0. The number of imidazole rings is 1. The topological polar surface area (TPSA) is 57.5 Å².